The Morgan fingerprint density at radius 1 is 1.64 bits per heavy atom. The van der Waals surface area contributed by atoms with E-state index in [0.717, 1.165) is 10.4 Å². The van der Waals surface area contributed by atoms with Crippen LogP contribution in [0.1, 0.15) is 6.92 Å². The average molecular weight is 179 g/mol. The summed E-state index contributed by atoms with van der Waals surface area (Å²) in [6, 6.07) is -0.826. The van der Waals surface area contributed by atoms with Crippen molar-refractivity contribution in [3.8, 4) is 0 Å². The molecule has 0 aliphatic heterocycles. The Hall–Kier alpha value is -0.880. The van der Waals surface area contributed by atoms with Crippen molar-refractivity contribution < 1.29 is 18.3 Å². The van der Waals surface area contributed by atoms with Gasteiger partial charge in [-0.25, -0.2) is 0 Å². The third-order valence-corrected chi connectivity index (χ3v) is 1.73. The highest BCUT2D eigenvalue weighted by Gasteiger charge is 2.14. The highest BCUT2D eigenvalue weighted by Crippen LogP contribution is 1.90. The predicted octanol–water partition coefficient (Wildman–Crippen LogP) is -0.970. The summed E-state index contributed by atoms with van der Waals surface area (Å²) in [6.45, 7) is 1.39. The second-order valence-electron chi connectivity index (χ2n) is 2.05. The molecule has 0 saturated heterocycles. The number of rotatable bonds is 3. The van der Waals surface area contributed by atoms with Crippen LogP contribution in [0.4, 0.5) is 0 Å². The van der Waals surface area contributed by atoms with Gasteiger partial charge in [-0.1, -0.05) is 0 Å². The van der Waals surface area contributed by atoms with Gasteiger partial charge < -0.3 is 5.11 Å². The molecule has 0 heterocycles. The molecule has 0 aromatic rings. The normalized spacial score (nSPS) is 12.6. The molecular formula is C5H9NO4S. The minimum absolute atomic E-state index is 0.818. The number of hydrogen-bond donors (Lipinski definition) is 1. The Labute approximate surface area is 65.8 Å². The van der Waals surface area contributed by atoms with Crippen LogP contribution in [-0.4, -0.2) is 43.0 Å². The zero-order valence-corrected chi connectivity index (χ0v) is 7.00. The van der Waals surface area contributed by atoms with Crippen LogP contribution in [-0.2, 0) is 15.1 Å². The van der Waals surface area contributed by atoms with E-state index in [1.54, 1.807) is 0 Å². The van der Waals surface area contributed by atoms with Crippen molar-refractivity contribution in [3.05, 3.63) is 0 Å². The van der Waals surface area contributed by atoms with Crippen molar-refractivity contribution in [1.29, 1.82) is 0 Å². The fraction of sp³-hybridized carbons (Fsp3) is 0.600. The fourth-order valence-electron chi connectivity index (χ4n) is 0.401. The lowest BCUT2D eigenvalue weighted by atomic mass is 10.3. The molecule has 1 atom stereocenters. The zero-order chi connectivity index (χ0) is 9.02. The average Bonchev–Trinajstić information content (AvgIpc) is 1.84. The third kappa shape index (κ3) is 3.74. The maximum absolute atomic E-state index is 10.3. The molecule has 0 aromatic heterocycles. The van der Waals surface area contributed by atoms with E-state index < -0.39 is 22.3 Å². The predicted molar refractivity (Wildman–Crippen MR) is 39.8 cm³/mol. The minimum Gasteiger partial charge on any atom is -0.480 e. The van der Waals surface area contributed by atoms with Crippen molar-refractivity contribution in [1.82, 2.24) is 4.90 Å². The van der Waals surface area contributed by atoms with Gasteiger partial charge in [0, 0.05) is 0 Å². The van der Waals surface area contributed by atoms with Gasteiger partial charge in [0.15, 0.2) is 0 Å². The zero-order valence-electron chi connectivity index (χ0n) is 6.18. The molecule has 0 aromatic carbocycles. The topological polar surface area (TPSA) is 74.7 Å². The van der Waals surface area contributed by atoms with Crippen LogP contribution in [0.2, 0.25) is 0 Å². The molecule has 0 aliphatic rings. The maximum atomic E-state index is 10.3. The Morgan fingerprint density at radius 3 is 2.36 bits per heavy atom. The number of carboxylic acids is 1. The van der Waals surface area contributed by atoms with Crippen LogP contribution in [0, 0.1) is 0 Å². The molecule has 0 radical (unpaired) electrons. The molecule has 0 saturated carbocycles. The van der Waals surface area contributed by atoms with Crippen LogP contribution in [0.25, 0.3) is 0 Å². The second-order valence-corrected chi connectivity index (χ2v) is 2.78. The first-order valence-corrected chi connectivity index (χ1v) is 3.96. The maximum Gasteiger partial charge on any atom is 0.320 e. The van der Waals surface area contributed by atoms with E-state index in [1.165, 1.54) is 14.0 Å². The summed E-state index contributed by atoms with van der Waals surface area (Å²) in [6.07, 6.45) is 0. The van der Waals surface area contributed by atoms with Gasteiger partial charge in [-0.05, 0) is 14.0 Å². The Balaban J connectivity index is 4.38. The molecule has 11 heavy (non-hydrogen) atoms. The lowest BCUT2D eigenvalue weighted by Crippen LogP contribution is -2.34. The molecule has 64 valence electrons. The Bertz CT molecular complexity index is 260. The highest BCUT2D eigenvalue weighted by atomic mass is 32.2. The van der Waals surface area contributed by atoms with Gasteiger partial charge >= 0.3 is 5.97 Å². The number of hydrogen-bond acceptors (Lipinski definition) is 3. The largest absolute Gasteiger partial charge is 0.480 e. The van der Waals surface area contributed by atoms with Crippen LogP contribution in [0.15, 0.2) is 0 Å². The van der Waals surface area contributed by atoms with Gasteiger partial charge in [0.1, 0.15) is 11.5 Å². The summed E-state index contributed by atoms with van der Waals surface area (Å²) in [4.78, 5) is 11.4. The molecule has 0 bridgehead atoms. The first kappa shape index (κ1) is 10.1. The summed E-state index contributed by atoms with van der Waals surface area (Å²) >= 11 is 0. The molecule has 6 heteroatoms. The standard InChI is InChI=1S/C5H9NO4S/c1-4(5(7)8)6(2)3-11(9)10/h3-4H,1-2H3,(H,7,8). The van der Waals surface area contributed by atoms with Crippen molar-refractivity contribution in [2.24, 2.45) is 0 Å². The molecule has 0 rings (SSSR count). The SMILES string of the molecule is CC(C(=O)O)N(C)C=S(=O)=O. The van der Waals surface area contributed by atoms with Gasteiger partial charge in [-0.3, -0.25) is 9.69 Å². The van der Waals surface area contributed by atoms with E-state index in [-0.39, 0.29) is 0 Å². The summed E-state index contributed by atoms with van der Waals surface area (Å²) in [7, 11) is -0.962. The summed E-state index contributed by atoms with van der Waals surface area (Å²) in [5.74, 6) is -1.06. The van der Waals surface area contributed by atoms with E-state index in [0.29, 0.717) is 0 Å². The van der Waals surface area contributed by atoms with Gasteiger partial charge in [0.2, 0.25) is 10.3 Å². The van der Waals surface area contributed by atoms with Gasteiger partial charge in [0.05, 0.1) is 0 Å². The van der Waals surface area contributed by atoms with Gasteiger partial charge in [-0.2, -0.15) is 8.42 Å². The van der Waals surface area contributed by atoms with Crippen LogP contribution >= 0.6 is 0 Å². The van der Waals surface area contributed by atoms with Crippen molar-refractivity contribution in [3.63, 3.8) is 0 Å². The number of aliphatic carboxylic acids is 1. The van der Waals surface area contributed by atoms with E-state index in [2.05, 4.69) is 0 Å². The second kappa shape index (κ2) is 4.09. The third-order valence-electron chi connectivity index (χ3n) is 1.22. The van der Waals surface area contributed by atoms with E-state index in [1.807, 2.05) is 0 Å². The molecule has 1 unspecified atom stereocenters. The highest BCUT2D eigenvalue weighted by molar-refractivity contribution is 7.71. The molecule has 0 amide bonds. The molecular weight excluding hydrogens is 170 g/mol. The molecule has 5 nitrogen and oxygen atoms in total. The molecule has 0 aliphatic carbocycles. The van der Waals surface area contributed by atoms with Gasteiger partial charge in [0.25, 0.3) is 0 Å². The molecule has 0 fully saturated rings. The van der Waals surface area contributed by atoms with E-state index in [9.17, 15) is 13.2 Å². The smallest absolute Gasteiger partial charge is 0.320 e. The number of carboxylic acid groups (broad SMARTS) is 1. The minimum atomic E-state index is -2.35. The van der Waals surface area contributed by atoms with Gasteiger partial charge in [-0.15, -0.1) is 0 Å². The molecule has 1 N–H and O–H groups in total. The quantitative estimate of drug-likeness (QED) is 0.564. The summed E-state index contributed by atoms with van der Waals surface area (Å²) < 4.78 is 20.1. The Morgan fingerprint density at radius 2 is 2.09 bits per heavy atom. The lowest BCUT2D eigenvalue weighted by molar-refractivity contribution is -0.140. The Kier molecular flexibility index (Phi) is 3.77. The van der Waals surface area contributed by atoms with Crippen LogP contribution in [0.5, 0.6) is 0 Å². The van der Waals surface area contributed by atoms with Crippen molar-refractivity contribution in [2.45, 2.75) is 13.0 Å². The first-order valence-electron chi connectivity index (χ1n) is 2.83. The van der Waals surface area contributed by atoms with Crippen LogP contribution in [0.3, 0.4) is 0 Å². The fourth-order valence-corrected chi connectivity index (χ4v) is 0.855. The number of nitrogens with zero attached hydrogens (tertiary/aromatic N) is 1. The first-order chi connectivity index (χ1) is 4.95. The van der Waals surface area contributed by atoms with Crippen molar-refractivity contribution >= 4 is 21.8 Å². The van der Waals surface area contributed by atoms with E-state index >= 15 is 0 Å². The number of likely N-dealkylation sites (N-methyl/N-ethyl adjacent to an activating group) is 1. The number of carbonyl (C=O) groups is 1. The lowest BCUT2D eigenvalue weighted by Gasteiger charge is -2.13. The van der Waals surface area contributed by atoms with Crippen molar-refractivity contribution in [2.75, 3.05) is 7.05 Å². The van der Waals surface area contributed by atoms with E-state index in [4.69, 9.17) is 5.11 Å². The molecule has 0 spiro atoms. The van der Waals surface area contributed by atoms with Crippen LogP contribution < -0.4 is 0 Å². The summed E-state index contributed by atoms with van der Waals surface area (Å²) in [5, 5.41) is 8.40. The monoisotopic (exact) mass is 179 g/mol. The summed E-state index contributed by atoms with van der Waals surface area (Å²) in [5.41, 5.74) is 0.818.